The summed E-state index contributed by atoms with van der Waals surface area (Å²) in [5.41, 5.74) is 3.98. The van der Waals surface area contributed by atoms with Crippen molar-refractivity contribution in [2.45, 2.75) is 13.8 Å². The molecule has 0 saturated carbocycles. The van der Waals surface area contributed by atoms with Gasteiger partial charge in [0.05, 0.1) is 7.11 Å². The van der Waals surface area contributed by atoms with E-state index in [-0.39, 0.29) is 11.6 Å². The SMILES string of the molecule is COc1ccc(C=C(NC(=O)c2cccc(C)c2)C(=O)Nc2ccccc2C)cc1. The fourth-order valence-electron chi connectivity index (χ4n) is 2.91. The third kappa shape index (κ3) is 5.35. The number of nitrogens with one attached hydrogen (secondary N) is 2. The van der Waals surface area contributed by atoms with Crippen LogP contribution in [-0.4, -0.2) is 18.9 Å². The van der Waals surface area contributed by atoms with E-state index in [1.165, 1.54) is 0 Å². The van der Waals surface area contributed by atoms with Gasteiger partial charge in [-0.2, -0.15) is 0 Å². The number of para-hydroxylation sites is 1. The Morgan fingerprint density at radius 2 is 1.63 bits per heavy atom. The topological polar surface area (TPSA) is 67.4 Å². The molecule has 2 amide bonds. The highest BCUT2D eigenvalue weighted by Gasteiger charge is 2.16. The number of aryl methyl sites for hydroxylation is 2. The first-order chi connectivity index (χ1) is 14.5. The third-order valence-corrected chi connectivity index (χ3v) is 4.59. The number of carbonyl (C=O) groups is 2. The second-order valence-corrected chi connectivity index (χ2v) is 6.92. The molecule has 2 N–H and O–H groups in total. The lowest BCUT2D eigenvalue weighted by molar-refractivity contribution is -0.113. The van der Waals surface area contributed by atoms with Crippen LogP contribution in [0.4, 0.5) is 5.69 Å². The monoisotopic (exact) mass is 400 g/mol. The van der Waals surface area contributed by atoms with Crippen molar-refractivity contribution >= 4 is 23.6 Å². The van der Waals surface area contributed by atoms with E-state index >= 15 is 0 Å². The maximum absolute atomic E-state index is 13.0. The number of ether oxygens (including phenoxy) is 1. The van der Waals surface area contributed by atoms with Gasteiger partial charge in [0.25, 0.3) is 11.8 Å². The van der Waals surface area contributed by atoms with E-state index in [9.17, 15) is 9.59 Å². The molecule has 0 aliphatic heterocycles. The van der Waals surface area contributed by atoms with Gasteiger partial charge in [-0.15, -0.1) is 0 Å². The molecule has 0 radical (unpaired) electrons. The summed E-state index contributed by atoms with van der Waals surface area (Å²) in [4.78, 5) is 25.8. The summed E-state index contributed by atoms with van der Waals surface area (Å²) >= 11 is 0. The second-order valence-electron chi connectivity index (χ2n) is 6.92. The molecular formula is C25H24N2O3. The Bertz CT molecular complexity index is 1090. The van der Waals surface area contributed by atoms with E-state index in [0.29, 0.717) is 17.0 Å². The zero-order valence-corrected chi connectivity index (χ0v) is 17.2. The Morgan fingerprint density at radius 1 is 0.900 bits per heavy atom. The molecular weight excluding hydrogens is 376 g/mol. The lowest BCUT2D eigenvalue weighted by Crippen LogP contribution is -2.31. The Kier molecular flexibility index (Phi) is 6.65. The smallest absolute Gasteiger partial charge is 0.272 e. The Hall–Kier alpha value is -3.86. The van der Waals surface area contributed by atoms with Crippen LogP contribution in [0.25, 0.3) is 6.08 Å². The molecule has 3 aromatic rings. The average Bonchev–Trinajstić information content (AvgIpc) is 2.75. The minimum atomic E-state index is -0.402. The molecule has 0 aromatic heterocycles. The minimum absolute atomic E-state index is 0.148. The van der Waals surface area contributed by atoms with Crippen molar-refractivity contribution in [2.75, 3.05) is 12.4 Å². The quantitative estimate of drug-likeness (QED) is 0.588. The number of rotatable bonds is 6. The molecule has 0 fully saturated rings. The average molecular weight is 400 g/mol. The van der Waals surface area contributed by atoms with Crippen LogP contribution in [0.3, 0.4) is 0 Å². The second kappa shape index (κ2) is 9.56. The van der Waals surface area contributed by atoms with Gasteiger partial charge in [0.2, 0.25) is 0 Å². The number of methoxy groups -OCH3 is 1. The lowest BCUT2D eigenvalue weighted by Gasteiger charge is -2.13. The normalized spacial score (nSPS) is 11.0. The van der Waals surface area contributed by atoms with Gasteiger partial charge in [0, 0.05) is 11.3 Å². The fourth-order valence-corrected chi connectivity index (χ4v) is 2.91. The molecule has 0 atom stereocenters. The van der Waals surface area contributed by atoms with Gasteiger partial charge in [0.15, 0.2) is 0 Å². The van der Waals surface area contributed by atoms with Crippen LogP contribution < -0.4 is 15.4 Å². The van der Waals surface area contributed by atoms with Crippen LogP contribution in [0.1, 0.15) is 27.0 Å². The highest BCUT2D eigenvalue weighted by Crippen LogP contribution is 2.17. The first-order valence-corrected chi connectivity index (χ1v) is 9.57. The van der Waals surface area contributed by atoms with Crippen molar-refractivity contribution < 1.29 is 14.3 Å². The number of hydrogen-bond acceptors (Lipinski definition) is 3. The molecule has 0 heterocycles. The zero-order chi connectivity index (χ0) is 21.5. The van der Waals surface area contributed by atoms with E-state index in [4.69, 9.17) is 4.74 Å². The van der Waals surface area contributed by atoms with Crippen molar-refractivity contribution in [3.05, 3.63) is 101 Å². The third-order valence-electron chi connectivity index (χ3n) is 4.59. The van der Waals surface area contributed by atoms with Crippen LogP contribution in [0, 0.1) is 13.8 Å². The van der Waals surface area contributed by atoms with Crippen LogP contribution in [-0.2, 0) is 4.79 Å². The van der Waals surface area contributed by atoms with Crippen LogP contribution in [0.5, 0.6) is 5.75 Å². The summed E-state index contributed by atoms with van der Waals surface area (Å²) in [5, 5.41) is 5.63. The summed E-state index contributed by atoms with van der Waals surface area (Å²) in [6.45, 7) is 3.82. The molecule has 0 aliphatic rings. The maximum Gasteiger partial charge on any atom is 0.272 e. The van der Waals surface area contributed by atoms with E-state index in [2.05, 4.69) is 10.6 Å². The van der Waals surface area contributed by atoms with E-state index in [0.717, 1.165) is 16.7 Å². The Balaban J connectivity index is 1.90. The Morgan fingerprint density at radius 3 is 2.30 bits per heavy atom. The molecule has 3 aromatic carbocycles. The summed E-state index contributed by atoms with van der Waals surface area (Å²) in [6, 6.07) is 21.9. The van der Waals surface area contributed by atoms with Crippen LogP contribution in [0.2, 0.25) is 0 Å². The van der Waals surface area contributed by atoms with E-state index < -0.39 is 5.91 Å². The molecule has 3 rings (SSSR count). The van der Waals surface area contributed by atoms with Crippen molar-refractivity contribution in [2.24, 2.45) is 0 Å². The summed E-state index contributed by atoms with van der Waals surface area (Å²) in [7, 11) is 1.59. The van der Waals surface area contributed by atoms with Gasteiger partial charge in [-0.1, -0.05) is 48.0 Å². The Labute approximate surface area is 176 Å². The molecule has 0 bridgehead atoms. The van der Waals surface area contributed by atoms with Gasteiger partial charge in [-0.05, 0) is 61.4 Å². The highest BCUT2D eigenvalue weighted by molar-refractivity contribution is 6.10. The molecule has 152 valence electrons. The number of anilines is 1. The predicted octanol–water partition coefficient (Wildman–Crippen LogP) is 4.72. The molecule has 0 unspecified atom stereocenters. The minimum Gasteiger partial charge on any atom is -0.497 e. The summed E-state index contributed by atoms with van der Waals surface area (Å²) < 4.78 is 5.18. The predicted molar refractivity (Wildman–Crippen MR) is 119 cm³/mol. The first-order valence-electron chi connectivity index (χ1n) is 9.57. The molecule has 0 spiro atoms. The molecule has 30 heavy (non-hydrogen) atoms. The number of amides is 2. The van der Waals surface area contributed by atoms with Gasteiger partial charge < -0.3 is 15.4 Å². The van der Waals surface area contributed by atoms with E-state index in [1.54, 1.807) is 37.5 Å². The summed E-state index contributed by atoms with van der Waals surface area (Å²) in [6.07, 6.45) is 1.64. The van der Waals surface area contributed by atoms with Gasteiger partial charge in [0.1, 0.15) is 11.4 Å². The van der Waals surface area contributed by atoms with Gasteiger partial charge in [-0.3, -0.25) is 9.59 Å². The zero-order valence-electron chi connectivity index (χ0n) is 17.2. The standard InChI is InChI=1S/C25H24N2O3/c1-17-7-6-9-20(15-17)24(28)27-23(16-19-11-13-21(30-3)14-12-19)25(29)26-22-10-5-4-8-18(22)2/h4-16H,1-3H3,(H,26,29)(H,27,28). The summed E-state index contributed by atoms with van der Waals surface area (Å²) in [5.74, 6) is -0.0404. The van der Waals surface area contributed by atoms with Gasteiger partial charge in [-0.25, -0.2) is 0 Å². The number of hydrogen-bond donors (Lipinski definition) is 2. The molecule has 5 heteroatoms. The van der Waals surface area contributed by atoms with Crippen LogP contribution >= 0.6 is 0 Å². The maximum atomic E-state index is 13.0. The van der Waals surface area contributed by atoms with Gasteiger partial charge >= 0.3 is 0 Å². The van der Waals surface area contributed by atoms with E-state index in [1.807, 2.05) is 62.4 Å². The lowest BCUT2D eigenvalue weighted by atomic mass is 10.1. The molecule has 5 nitrogen and oxygen atoms in total. The van der Waals surface area contributed by atoms with Crippen molar-refractivity contribution in [1.29, 1.82) is 0 Å². The first kappa shape index (κ1) is 20.9. The largest absolute Gasteiger partial charge is 0.497 e. The highest BCUT2D eigenvalue weighted by atomic mass is 16.5. The number of carbonyl (C=O) groups excluding carboxylic acids is 2. The fraction of sp³-hybridized carbons (Fsp3) is 0.120. The van der Waals surface area contributed by atoms with Crippen molar-refractivity contribution in [3.8, 4) is 5.75 Å². The van der Waals surface area contributed by atoms with Crippen molar-refractivity contribution in [3.63, 3.8) is 0 Å². The molecule has 0 saturated heterocycles. The molecule has 0 aliphatic carbocycles. The van der Waals surface area contributed by atoms with Crippen LogP contribution in [0.15, 0.2) is 78.5 Å². The number of benzene rings is 3. The van der Waals surface area contributed by atoms with Crippen molar-refractivity contribution in [1.82, 2.24) is 5.32 Å².